The van der Waals surface area contributed by atoms with Crippen molar-refractivity contribution in [3.05, 3.63) is 71.4 Å². The largest absolute Gasteiger partial charge is 0.346 e. The molecule has 2 aliphatic carbocycles. The van der Waals surface area contributed by atoms with Gasteiger partial charge in [-0.3, -0.25) is 9.78 Å². The van der Waals surface area contributed by atoms with Gasteiger partial charge in [-0.2, -0.15) is 5.26 Å². The van der Waals surface area contributed by atoms with Crippen molar-refractivity contribution in [2.45, 2.75) is 51.0 Å². The summed E-state index contributed by atoms with van der Waals surface area (Å²) in [6, 6.07) is 12.1. The molecule has 2 aromatic heterocycles. The summed E-state index contributed by atoms with van der Waals surface area (Å²) < 4.78 is 13.9. The summed E-state index contributed by atoms with van der Waals surface area (Å²) in [6.45, 7) is 4.19. The number of amides is 1. The molecule has 0 bridgehead atoms. The average Bonchev–Trinajstić information content (AvgIpc) is 3.38. The Morgan fingerprint density at radius 2 is 1.85 bits per heavy atom. The molecule has 3 aromatic rings. The van der Waals surface area contributed by atoms with E-state index in [9.17, 15) is 9.18 Å². The molecule has 168 valence electrons. The lowest BCUT2D eigenvalue weighted by molar-refractivity contribution is 0.0872. The first-order valence-electron chi connectivity index (χ1n) is 11.6. The number of nitrogens with one attached hydrogen (secondary N) is 1. The van der Waals surface area contributed by atoms with E-state index in [1.54, 1.807) is 24.3 Å². The van der Waals surface area contributed by atoms with Crippen LogP contribution in [0.2, 0.25) is 0 Å². The number of halogens is 1. The second kappa shape index (κ2) is 8.22. The summed E-state index contributed by atoms with van der Waals surface area (Å²) in [5.41, 5.74) is 2.48. The SMILES string of the molecule is CC(C)(NC(=O)c1ccc(C#N)cn1)C1C[C@H]2CC(c3ccnc4ccc(F)cc34)C[C@H]2C1. The lowest BCUT2D eigenvalue weighted by Gasteiger charge is -2.33. The van der Waals surface area contributed by atoms with E-state index in [-0.39, 0.29) is 17.3 Å². The van der Waals surface area contributed by atoms with Gasteiger partial charge in [0.15, 0.2) is 0 Å². The molecule has 1 amide bonds. The molecule has 2 aliphatic rings. The molecule has 2 heterocycles. The minimum atomic E-state index is -0.348. The summed E-state index contributed by atoms with van der Waals surface area (Å²) in [4.78, 5) is 21.3. The van der Waals surface area contributed by atoms with Crippen LogP contribution < -0.4 is 5.32 Å². The molecule has 0 saturated heterocycles. The number of hydrogen-bond acceptors (Lipinski definition) is 4. The van der Waals surface area contributed by atoms with Crippen LogP contribution in [-0.2, 0) is 0 Å². The van der Waals surface area contributed by atoms with Crippen molar-refractivity contribution in [3.63, 3.8) is 0 Å². The number of fused-ring (bicyclic) bond motifs is 2. The third kappa shape index (κ3) is 4.08. The number of nitrogens with zero attached hydrogens (tertiary/aromatic N) is 3. The minimum Gasteiger partial charge on any atom is -0.346 e. The topological polar surface area (TPSA) is 78.7 Å². The normalized spacial score (nSPS) is 24.4. The lowest BCUT2D eigenvalue weighted by atomic mass is 9.82. The summed E-state index contributed by atoms with van der Waals surface area (Å²) >= 11 is 0. The number of nitriles is 1. The Morgan fingerprint density at radius 1 is 1.09 bits per heavy atom. The van der Waals surface area contributed by atoms with Gasteiger partial charge >= 0.3 is 0 Å². The average molecular weight is 443 g/mol. The number of hydrogen-bond donors (Lipinski definition) is 1. The Bertz CT molecular complexity index is 1230. The molecule has 0 spiro atoms. The van der Waals surface area contributed by atoms with Gasteiger partial charge in [-0.05, 0) is 105 Å². The summed E-state index contributed by atoms with van der Waals surface area (Å²) in [5.74, 6) is 1.62. The molecule has 5 nitrogen and oxygen atoms in total. The van der Waals surface area contributed by atoms with E-state index in [0.717, 1.165) is 36.6 Å². The fraction of sp³-hybridized carbons (Fsp3) is 0.407. The number of carbonyl (C=O) groups excluding carboxylic acids is 1. The maximum absolute atomic E-state index is 13.9. The van der Waals surface area contributed by atoms with Crippen molar-refractivity contribution in [2.24, 2.45) is 17.8 Å². The van der Waals surface area contributed by atoms with Crippen molar-refractivity contribution in [3.8, 4) is 6.07 Å². The highest BCUT2D eigenvalue weighted by molar-refractivity contribution is 5.92. The Kier molecular flexibility index (Phi) is 5.36. The number of aromatic nitrogens is 2. The van der Waals surface area contributed by atoms with Gasteiger partial charge in [-0.1, -0.05) is 0 Å². The molecule has 2 fully saturated rings. The Balaban J connectivity index is 1.26. The molecule has 6 heteroatoms. The van der Waals surface area contributed by atoms with Crippen molar-refractivity contribution >= 4 is 16.8 Å². The Hall–Kier alpha value is -3.33. The van der Waals surface area contributed by atoms with Crippen LogP contribution in [0, 0.1) is 34.9 Å². The first-order chi connectivity index (χ1) is 15.8. The van der Waals surface area contributed by atoms with Crippen molar-refractivity contribution in [1.82, 2.24) is 15.3 Å². The van der Waals surface area contributed by atoms with Crippen molar-refractivity contribution in [1.29, 1.82) is 5.26 Å². The zero-order valence-corrected chi connectivity index (χ0v) is 18.9. The van der Waals surface area contributed by atoms with Crippen molar-refractivity contribution in [2.75, 3.05) is 0 Å². The first kappa shape index (κ1) is 21.5. The van der Waals surface area contributed by atoms with Crippen LogP contribution in [0.5, 0.6) is 0 Å². The molecule has 2 saturated carbocycles. The van der Waals surface area contributed by atoms with E-state index in [0.29, 0.717) is 34.9 Å². The van der Waals surface area contributed by atoms with Crippen LogP contribution in [0.4, 0.5) is 4.39 Å². The Morgan fingerprint density at radius 3 is 2.52 bits per heavy atom. The fourth-order valence-corrected chi connectivity index (χ4v) is 6.01. The lowest BCUT2D eigenvalue weighted by Crippen LogP contribution is -2.48. The maximum atomic E-state index is 13.9. The predicted molar refractivity (Wildman–Crippen MR) is 124 cm³/mol. The third-order valence-corrected chi connectivity index (χ3v) is 7.77. The molecule has 33 heavy (non-hydrogen) atoms. The van der Waals surface area contributed by atoms with E-state index in [2.05, 4.69) is 35.2 Å². The number of rotatable bonds is 4. The Labute approximate surface area is 193 Å². The molecule has 2 unspecified atom stereocenters. The highest BCUT2D eigenvalue weighted by Crippen LogP contribution is 2.55. The van der Waals surface area contributed by atoms with E-state index < -0.39 is 0 Å². The van der Waals surface area contributed by atoms with Gasteiger partial charge in [-0.15, -0.1) is 0 Å². The predicted octanol–water partition coefficient (Wildman–Crippen LogP) is 5.37. The number of pyridine rings is 2. The summed E-state index contributed by atoms with van der Waals surface area (Å²) in [5, 5.41) is 13.0. The van der Waals surface area contributed by atoms with E-state index in [4.69, 9.17) is 5.26 Å². The molecule has 5 rings (SSSR count). The van der Waals surface area contributed by atoms with Crippen LogP contribution in [0.3, 0.4) is 0 Å². The standard InChI is InChI=1S/C27H27FN4O/c1-27(2,32-26(33)25-5-3-16(14-29)15-31-25)20-11-17-9-19(10-18(17)12-20)22-7-8-30-24-6-4-21(28)13-23(22)24/h3-8,13,15,17-20H,9-12H2,1-2H3,(H,32,33)/t17-,18+,19?,20?. The van der Waals surface area contributed by atoms with Gasteiger partial charge in [0.1, 0.15) is 17.6 Å². The highest BCUT2D eigenvalue weighted by Gasteiger charge is 2.47. The van der Waals surface area contributed by atoms with Crippen LogP contribution in [0.1, 0.15) is 67.1 Å². The highest BCUT2D eigenvalue weighted by atomic mass is 19.1. The second-order valence-electron chi connectivity index (χ2n) is 10.1. The van der Waals surface area contributed by atoms with Gasteiger partial charge in [0.05, 0.1) is 11.1 Å². The van der Waals surface area contributed by atoms with E-state index in [1.165, 1.54) is 17.8 Å². The van der Waals surface area contributed by atoms with Crippen LogP contribution in [-0.4, -0.2) is 21.4 Å². The van der Waals surface area contributed by atoms with Gasteiger partial charge in [0.2, 0.25) is 0 Å². The zero-order chi connectivity index (χ0) is 23.2. The monoisotopic (exact) mass is 442 g/mol. The first-order valence-corrected chi connectivity index (χ1v) is 11.6. The van der Waals surface area contributed by atoms with Crippen LogP contribution in [0.25, 0.3) is 10.9 Å². The molecule has 1 aromatic carbocycles. The smallest absolute Gasteiger partial charge is 0.270 e. The molecular formula is C27H27FN4O. The van der Waals surface area contributed by atoms with E-state index >= 15 is 0 Å². The molecular weight excluding hydrogens is 415 g/mol. The summed E-state index contributed by atoms with van der Waals surface area (Å²) in [6.07, 6.45) is 7.61. The second-order valence-corrected chi connectivity index (χ2v) is 10.1. The van der Waals surface area contributed by atoms with Crippen LogP contribution >= 0.6 is 0 Å². The molecule has 1 N–H and O–H groups in total. The van der Waals surface area contributed by atoms with Gasteiger partial charge in [-0.25, -0.2) is 9.37 Å². The van der Waals surface area contributed by atoms with Gasteiger partial charge in [0, 0.05) is 23.3 Å². The zero-order valence-electron chi connectivity index (χ0n) is 18.9. The minimum absolute atomic E-state index is 0.204. The fourth-order valence-electron chi connectivity index (χ4n) is 6.01. The quantitative estimate of drug-likeness (QED) is 0.589. The number of carbonyl (C=O) groups is 1. The van der Waals surface area contributed by atoms with Crippen LogP contribution in [0.15, 0.2) is 48.8 Å². The van der Waals surface area contributed by atoms with Gasteiger partial charge < -0.3 is 5.32 Å². The van der Waals surface area contributed by atoms with Crippen molar-refractivity contribution < 1.29 is 9.18 Å². The maximum Gasteiger partial charge on any atom is 0.270 e. The van der Waals surface area contributed by atoms with Gasteiger partial charge in [0.25, 0.3) is 5.91 Å². The van der Waals surface area contributed by atoms with E-state index in [1.807, 2.05) is 12.3 Å². The molecule has 0 aliphatic heterocycles. The molecule has 4 atom stereocenters. The summed E-state index contributed by atoms with van der Waals surface area (Å²) in [7, 11) is 0. The molecule has 0 radical (unpaired) electrons. The number of benzene rings is 1. The third-order valence-electron chi connectivity index (χ3n) is 7.77.